The lowest BCUT2D eigenvalue weighted by Gasteiger charge is -2.22. The average molecular weight is 308 g/mol. The molecule has 0 atom stereocenters. The van der Waals surface area contributed by atoms with Crippen LogP contribution in [0.15, 0.2) is 60.7 Å². The maximum Gasteiger partial charge on any atom is 0.221 e. The molecule has 0 unspecified atom stereocenters. The van der Waals surface area contributed by atoms with Crippen molar-refractivity contribution < 1.29 is 4.79 Å². The van der Waals surface area contributed by atoms with Crippen molar-refractivity contribution in [3.8, 4) is 0 Å². The number of nitrogens with zero attached hydrogens (tertiary/aromatic N) is 1. The monoisotopic (exact) mass is 308 g/mol. The number of benzene rings is 2. The van der Waals surface area contributed by atoms with E-state index in [4.69, 9.17) is 0 Å². The smallest absolute Gasteiger partial charge is 0.221 e. The van der Waals surface area contributed by atoms with Crippen molar-refractivity contribution in [2.45, 2.75) is 38.4 Å². The lowest BCUT2D eigenvalue weighted by atomic mass is 10.1. The van der Waals surface area contributed by atoms with Crippen LogP contribution in [-0.4, -0.2) is 23.4 Å². The van der Waals surface area contributed by atoms with Crippen molar-refractivity contribution in [2.75, 3.05) is 6.54 Å². The quantitative estimate of drug-likeness (QED) is 0.811. The Morgan fingerprint density at radius 1 is 0.913 bits per heavy atom. The van der Waals surface area contributed by atoms with Crippen LogP contribution < -0.4 is 5.32 Å². The molecule has 23 heavy (non-hydrogen) atoms. The summed E-state index contributed by atoms with van der Waals surface area (Å²) in [5.74, 6) is 0.179. The SMILES string of the molecule is O=C(CCN(Cc1ccccc1)Cc1ccccc1)NC1CC1. The zero-order valence-corrected chi connectivity index (χ0v) is 13.4. The third kappa shape index (κ3) is 5.53. The molecule has 2 aromatic carbocycles. The largest absolute Gasteiger partial charge is 0.353 e. The fourth-order valence-corrected chi connectivity index (χ4v) is 2.68. The third-order valence-corrected chi connectivity index (χ3v) is 4.10. The van der Waals surface area contributed by atoms with Gasteiger partial charge in [0, 0.05) is 32.1 Å². The zero-order valence-electron chi connectivity index (χ0n) is 13.4. The summed E-state index contributed by atoms with van der Waals surface area (Å²) in [6.45, 7) is 2.52. The summed E-state index contributed by atoms with van der Waals surface area (Å²) in [4.78, 5) is 14.3. The summed E-state index contributed by atoms with van der Waals surface area (Å²) in [6.07, 6.45) is 2.85. The van der Waals surface area contributed by atoms with Gasteiger partial charge >= 0.3 is 0 Å². The van der Waals surface area contributed by atoms with Gasteiger partial charge in [-0.2, -0.15) is 0 Å². The number of nitrogens with one attached hydrogen (secondary N) is 1. The minimum Gasteiger partial charge on any atom is -0.353 e. The summed E-state index contributed by atoms with van der Waals surface area (Å²) in [6, 6.07) is 21.3. The van der Waals surface area contributed by atoms with E-state index >= 15 is 0 Å². The van der Waals surface area contributed by atoms with Gasteiger partial charge in [-0.05, 0) is 24.0 Å². The van der Waals surface area contributed by atoms with Crippen LogP contribution in [0.5, 0.6) is 0 Å². The van der Waals surface area contributed by atoms with Crippen LogP contribution >= 0.6 is 0 Å². The molecule has 1 aliphatic carbocycles. The van der Waals surface area contributed by atoms with Crippen molar-refractivity contribution in [1.82, 2.24) is 10.2 Å². The molecule has 1 saturated carbocycles. The van der Waals surface area contributed by atoms with Crippen LogP contribution in [0.1, 0.15) is 30.4 Å². The Bertz CT molecular complexity index is 567. The van der Waals surface area contributed by atoms with Crippen molar-refractivity contribution in [1.29, 1.82) is 0 Å². The summed E-state index contributed by atoms with van der Waals surface area (Å²) in [5.41, 5.74) is 2.57. The van der Waals surface area contributed by atoms with Crippen molar-refractivity contribution in [3.05, 3.63) is 71.8 Å². The molecular formula is C20H24N2O. The van der Waals surface area contributed by atoms with Crippen molar-refractivity contribution >= 4 is 5.91 Å². The van der Waals surface area contributed by atoms with E-state index in [1.807, 2.05) is 12.1 Å². The highest BCUT2D eigenvalue weighted by Gasteiger charge is 2.23. The summed E-state index contributed by atoms with van der Waals surface area (Å²) >= 11 is 0. The van der Waals surface area contributed by atoms with Gasteiger partial charge in [-0.15, -0.1) is 0 Å². The molecule has 1 N–H and O–H groups in total. The molecule has 1 aliphatic rings. The van der Waals surface area contributed by atoms with E-state index < -0.39 is 0 Å². The highest BCUT2D eigenvalue weighted by Crippen LogP contribution is 2.18. The molecule has 0 aliphatic heterocycles. The number of hydrogen-bond acceptors (Lipinski definition) is 2. The van der Waals surface area contributed by atoms with Crippen LogP contribution in [-0.2, 0) is 17.9 Å². The molecule has 3 heteroatoms. The Balaban J connectivity index is 1.58. The van der Waals surface area contributed by atoms with Crippen LogP contribution in [0, 0.1) is 0 Å². The van der Waals surface area contributed by atoms with Crippen LogP contribution in [0.2, 0.25) is 0 Å². The molecule has 0 bridgehead atoms. The predicted octanol–water partition coefficient (Wildman–Crippen LogP) is 3.36. The Morgan fingerprint density at radius 3 is 1.91 bits per heavy atom. The molecular weight excluding hydrogens is 284 g/mol. The van der Waals surface area contributed by atoms with Crippen molar-refractivity contribution in [2.24, 2.45) is 0 Å². The van der Waals surface area contributed by atoms with Gasteiger partial charge in [-0.25, -0.2) is 0 Å². The van der Waals surface area contributed by atoms with Crippen LogP contribution in [0.25, 0.3) is 0 Å². The molecule has 120 valence electrons. The van der Waals surface area contributed by atoms with E-state index in [1.165, 1.54) is 11.1 Å². The molecule has 0 aromatic heterocycles. The van der Waals surface area contributed by atoms with E-state index in [9.17, 15) is 4.79 Å². The normalized spacial score (nSPS) is 14.0. The van der Waals surface area contributed by atoms with E-state index in [2.05, 4.69) is 58.7 Å². The van der Waals surface area contributed by atoms with Gasteiger partial charge in [0.05, 0.1) is 0 Å². The van der Waals surface area contributed by atoms with Crippen molar-refractivity contribution in [3.63, 3.8) is 0 Å². The number of rotatable bonds is 8. The molecule has 2 aromatic rings. The van der Waals surface area contributed by atoms with Gasteiger partial charge in [0.15, 0.2) is 0 Å². The van der Waals surface area contributed by atoms with Gasteiger partial charge in [0.1, 0.15) is 0 Å². The zero-order chi connectivity index (χ0) is 15.9. The maximum absolute atomic E-state index is 12.0. The summed E-state index contributed by atoms with van der Waals surface area (Å²) in [7, 11) is 0. The van der Waals surface area contributed by atoms with Crippen LogP contribution in [0.3, 0.4) is 0 Å². The molecule has 3 rings (SSSR count). The van der Waals surface area contributed by atoms with E-state index in [-0.39, 0.29) is 5.91 Å². The Labute approximate surface area is 138 Å². The second-order valence-corrected chi connectivity index (χ2v) is 6.27. The molecule has 0 spiro atoms. The molecule has 0 saturated heterocycles. The molecule has 1 amide bonds. The Morgan fingerprint density at radius 2 is 1.43 bits per heavy atom. The first-order valence-electron chi connectivity index (χ1n) is 8.39. The molecule has 0 heterocycles. The minimum atomic E-state index is 0.179. The first-order valence-corrected chi connectivity index (χ1v) is 8.39. The number of carbonyl (C=O) groups is 1. The third-order valence-electron chi connectivity index (χ3n) is 4.10. The topological polar surface area (TPSA) is 32.3 Å². The molecule has 3 nitrogen and oxygen atoms in total. The minimum absolute atomic E-state index is 0.179. The lowest BCUT2D eigenvalue weighted by molar-refractivity contribution is -0.121. The van der Waals surface area contributed by atoms with Crippen LogP contribution in [0.4, 0.5) is 0 Å². The molecule has 0 radical (unpaired) electrons. The summed E-state index contributed by atoms with van der Waals surface area (Å²) < 4.78 is 0. The summed E-state index contributed by atoms with van der Waals surface area (Å²) in [5, 5.41) is 3.07. The lowest BCUT2D eigenvalue weighted by Crippen LogP contribution is -2.31. The van der Waals surface area contributed by atoms with Gasteiger partial charge in [-0.1, -0.05) is 60.7 Å². The van der Waals surface area contributed by atoms with E-state index in [1.54, 1.807) is 0 Å². The number of hydrogen-bond donors (Lipinski definition) is 1. The van der Waals surface area contributed by atoms with Gasteiger partial charge < -0.3 is 5.32 Å². The van der Waals surface area contributed by atoms with Gasteiger partial charge in [-0.3, -0.25) is 9.69 Å². The predicted molar refractivity (Wildman–Crippen MR) is 92.8 cm³/mol. The number of amides is 1. The highest BCUT2D eigenvalue weighted by atomic mass is 16.1. The fraction of sp³-hybridized carbons (Fsp3) is 0.350. The standard InChI is InChI=1S/C20H24N2O/c23-20(21-19-11-12-19)13-14-22(15-17-7-3-1-4-8-17)16-18-9-5-2-6-10-18/h1-10,19H,11-16H2,(H,21,23). The Kier molecular flexibility index (Phi) is 5.43. The second-order valence-electron chi connectivity index (χ2n) is 6.27. The first kappa shape index (κ1) is 15.8. The Hall–Kier alpha value is -2.13. The number of carbonyl (C=O) groups excluding carboxylic acids is 1. The first-order chi connectivity index (χ1) is 11.3. The maximum atomic E-state index is 12.0. The molecule has 1 fully saturated rings. The second kappa shape index (κ2) is 7.93. The highest BCUT2D eigenvalue weighted by molar-refractivity contribution is 5.76. The van der Waals surface area contributed by atoms with Gasteiger partial charge in [0.25, 0.3) is 0 Å². The van der Waals surface area contributed by atoms with E-state index in [0.717, 1.165) is 32.5 Å². The fourth-order valence-electron chi connectivity index (χ4n) is 2.68. The van der Waals surface area contributed by atoms with E-state index in [0.29, 0.717) is 12.5 Å². The van der Waals surface area contributed by atoms with Gasteiger partial charge in [0.2, 0.25) is 5.91 Å². The average Bonchev–Trinajstić information content (AvgIpc) is 3.38.